The van der Waals surface area contributed by atoms with Crippen LogP contribution in [0.4, 0.5) is 21.9 Å². The summed E-state index contributed by atoms with van der Waals surface area (Å²) in [4.78, 5) is 59.7. The molecule has 1 atom stereocenters. The monoisotopic (exact) mass is 425 g/mol. The largest absolute Gasteiger partial charge is 0.326 e. The van der Waals surface area contributed by atoms with Gasteiger partial charge in [-0.25, -0.2) is 4.79 Å². The van der Waals surface area contributed by atoms with Crippen LogP contribution in [0.5, 0.6) is 0 Å². The van der Waals surface area contributed by atoms with Crippen molar-refractivity contribution in [1.29, 1.82) is 0 Å². The first kappa shape index (κ1) is 21.4. The fourth-order valence-corrected chi connectivity index (χ4v) is 3.14. The summed E-state index contributed by atoms with van der Waals surface area (Å²) >= 11 is 0. The molecule has 0 radical (unpaired) electrons. The quantitative estimate of drug-likeness (QED) is 0.366. The summed E-state index contributed by atoms with van der Waals surface area (Å²) in [6, 6.07) is 10.8. The molecule has 1 heterocycles. The number of carbonyl (C=O) groups is 4. The van der Waals surface area contributed by atoms with E-state index >= 15 is 0 Å². The predicted molar refractivity (Wildman–Crippen MR) is 110 cm³/mol. The van der Waals surface area contributed by atoms with Crippen molar-refractivity contribution >= 4 is 40.8 Å². The predicted octanol–water partition coefficient (Wildman–Crippen LogP) is 1.96. The van der Waals surface area contributed by atoms with Crippen LogP contribution in [-0.2, 0) is 19.9 Å². The van der Waals surface area contributed by atoms with Gasteiger partial charge in [-0.05, 0) is 48.9 Å². The number of imide groups is 1. The minimum absolute atomic E-state index is 0.148. The van der Waals surface area contributed by atoms with Gasteiger partial charge < -0.3 is 16.0 Å². The molecule has 1 fully saturated rings. The van der Waals surface area contributed by atoms with Gasteiger partial charge in [0.2, 0.25) is 11.8 Å². The van der Waals surface area contributed by atoms with Gasteiger partial charge in [-0.15, -0.1) is 0 Å². The number of nitrogens with one attached hydrogen (secondary N) is 3. The highest BCUT2D eigenvalue weighted by molar-refractivity contribution is 6.10. The molecular weight excluding hydrogens is 406 g/mol. The standard InChI is InChI=1S/C20H19N5O6/c1-12(26)21-14-5-7-15(8-6-14)22-17(27)11-24-18(28)20(2,23-19(24)29)13-3-9-16(10-4-13)25(30)31/h3-10H,11H2,1-2H3,(H,21,26)(H,22,27)(H,23,29)/t20-/m1/s1. The summed E-state index contributed by atoms with van der Waals surface area (Å²) in [5.74, 6) is -1.47. The highest BCUT2D eigenvalue weighted by Gasteiger charge is 2.49. The second kappa shape index (κ2) is 8.22. The van der Waals surface area contributed by atoms with E-state index in [0.717, 1.165) is 4.90 Å². The van der Waals surface area contributed by atoms with E-state index in [4.69, 9.17) is 0 Å². The summed E-state index contributed by atoms with van der Waals surface area (Å²) in [6.45, 7) is 2.33. The third-order valence-corrected chi connectivity index (χ3v) is 4.72. The number of benzene rings is 2. The molecule has 3 N–H and O–H groups in total. The van der Waals surface area contributed by atoms with Gasteiger partial charge >= 0.3 is 6.03 Å². The Balaban J connectivity index is 1.68. The first-order valence-electron chi connectivity index (χ1n) is 9.16. The van der Waals surface area contributed by atoms with E-state index in [1.807, 2.05) is 0 Å². The number of hydrogen-bond acceptors (Lipinski definition) is 6. The van der Waals surface area contributed by atoms with Crippen molar-refractivity contribution in [3.05, 3.63) is 64.2 Å². The van der Waals surface area contributed by atoms with Crippen molar-refractivity contribution < 1.29 is 24.1 Å². The van der Waals surface area contributed by atoms with Gasteiger partial charge in [-0.3, -0.25) is 29.4 Å². The zero-order valence-corrected chi connectivity index (χ0v) is 16.7. The molecule has 160 valence electrons. The number of nitro groups is 1. The number of urea groups is 1. The molecule has 5 amide bonds. The fraction of sp³-hybridized carbons (Fsp3) is 0.200. The number of rotatable bonds is 6. The van der Waals surface area contributed by atoms with E-state index in [0.29, 0.717) is 16.9 Å². The molecule has 0 saturated carbocycles. The normalized spacial score (nSPS) is 17.8. The summed E-state index contributed by atoms with van der Waals surface area (Å²) in [5, 5.41) is 18.5. The smallest absolute Gasteiger partial charge is 0.325 e. The van der Waals surface area contributed by atoms with Gasteiger partial charge in [-0.2, -0.15) is 0 Å². The Labute approximate surface area is 176 Å². The number of carbonyl (C=O) groups excluding carboxylic acids is 4. The lowest BCUT2D eigenvalue weighted by Gasteiger charge is -2.22. The molecule has 0 aromatic heterocycles. The molecule has 0 bridgehead atoms. The first-order valence-corrected chi connectivity index (χ1v) is 9.16. The van der Waals surface area contributed by atoms with Crippen LogP contribution in [0, 0.1) is 10.1 Å². The third-order valence-electron chi connectivity index (χ3n) is 4.72. The van der Waals surface area contributed by atoms with Gasteiger partial charge in [0.05, 0.1) is 4.92 Å². The Morgan fingerprint density at radius 1 is 1.03 bits per heavy atom. The minimum atomic E-state index is -1.45. The maximum atomic E-state index is 12.9. The molecule has 2 aromatic rings. The average molecular weight is 425 g/mol. The first-order chi connectivity index (χ1) is 14.6. The van der Waals surface area contributed by atoms with Crippen molar-refractivity contribution in [3.8, 4) is 0 Å². The Morgan fingerprint density at radius 3 is 2.10 bits per heavy atom. The third kappa shape index (κ3) is 4.50. The Bertz CT molecular complexity index is 1070. The number of hydrogen-bond donors (Lipinski definition) is 3. The van der Waals surface area contributed by atoms with E-state index in [1.54, 1.807) is 24.3 Å². The Kier molecular flexibility index (Phi) is 5.68. The summed E-state index contributed by atoms with van der Waals surface area (Å²) in [7, 11) is 0. The second-order valence-electron chi connectivity index (χ2n) is 7.06. The number of non-ortho nitro benzene ring substituents is 1. The molecule has 31 heavy (non-hydrogen) atoms. The highest BCUT2D eigenvalue weighted by Crippen LogP contribution is 2.30. The zero-order valence-electron chi connectivity index (χ0n) is 16.7. The van der Waals surface area contributed by atoms with Crippen LogP contribution in [0.15, 0.2) is 48.5 Å². The number of amides is 5. The number of anilines is 2. The van der Waals surface area contributed by atoms with Crippen molar-refractivity contribution in [2.24, 2.45) is 0 Å². The summed E-state index contributed by atoms with van der Waals surface area (Å²) in [5.41, 5.74) is -0.271. The Morgan fingerprint density at radius 2 is 1.58 bits per heavy atom. The molecule has 0 unspecified atom stereocenters. The van der Waals surface area contributed by atoms with Crippen LogP contribution in [0.25, 0.3) is 0 Å². The fourth-order valence-electron chi connectivity index (χ4n) is 3.14. The second-order valence-corrected chi connectivity index (χ2v) is 7.06. The SMILES string of the molecule is CC(=O)Nc1ccc(NC(=O)CN2C(=O)N[C@](C)(c3ccc([N+](=O)[O-])cc3)C2=O)cc1. The molecule has 0 spiro atoms. The van der Waals surface area contributed by atoms with Crippen LogP contribution in [-0.4, -0.2) is 40.1 Å². The summed E-state index contributed by atoms with van der Waals surface area (Å²) in [6.07, 6.45) is 0. The van der Waals surface area contributed by atoms with E-state index < -0.39 is 34.9 Å². The zero-order chi connectivity index (χ0) is 22.8. The topological polar surface area (TPSA) is 151 Å². The number of nitro benzene ring substituents is 1. The van der Waals surface area contributed by atoms with Gasteiger partial charge in [0.1, 0.15) is 12.1 Å². The molecule has 3 rings (SSSR count). The van der Waals surface area contributed by atoms with Gasteiger partial charge in [0.25, 0.3) is 11.6 Å². The lowest BCUT2D eigenvalue weighted by Crippen LogP contribution is -2.42. The van der Waals surface area contributed by atoms with Gasteiger partial charge in [0.15, 0.2) is 0 Å². The van der Waals surface area contributed by atoms with Crippen molar-refractivity contribution in [3.63, 3.8) is 0 Å². The van der Waals surface area contributed by atoms with E-state index in [-0.39, 0.29) is 11.6 Å². The average Bonchev–Trinajstić information content (AvgIpc) is 2.93. The maximum absolute atomic E-state index is 12.9. The molecule has 1 saturated heterocycles. The van der Waals surface area contributed by atoms with Gasteiger partial charge in [-0.1, -0.05) is 0 Å². The van der Waals surface area contributed by atoms with Crippen molar-refractivity contribution in [2.75, 3.05) is 17.2 Å². The molecule has 1 aliphatic rings. The molecule has 11 nitrogen and oxygen atoms in total. The van der Waals surface area contributed by atoms with Crippen LogP contribution < -0.4 is 16.0 Å². The summed E-state index contributed by atoms with van der Waals surface area (Å²) < 4.78 is 0. The lowest BCUT2D eigenvalue weighted by molar-refractivity contribution is -0.384. The van der Waals surface area contributed by atoms with E-state index in [1.165, 1.54) is 38.1 Å². The molecule has 2 aromatic carbocycles. The van der Waals surface area contributed by atoms with Crippen LogP contribution in [0.2, 0.25) is 0 Å². The minimum Gasteiger partial charge on any atom is -0.326 e. The van der Waals surface area contributed by atoms with Crippen LogP contribution in [0.3, 0.4) is 0 Å². The molecule has 1 aliphatic heterocycles. The van der Waals surface area contributed by atoms with Crippen molar-refractivity contribution in [1.82, 2.24) is 10.2 Å². The van der Waals surface area contributed by atoms with E-state index in [2.05, 4.69) is 16.0 Å². The molecular formula is C20H19N5O6. The van der Waals surface area contributed by atoms with Crippen molar-refractivity contribution in [2.45, 2.75) is 19.4 Å². The van der Waals surface area contributed by atoms with Crippen LogP contribution in [0.1, 0.15) is 19.4 Å². The number of nitrogens with zero attached hydrogens (tertiary/aromatic N) is 2. The van der Waals surface area contributed by atoms with E-state index in [9.17, 15) is 29.3 Å². The molecule has 11 heteroatoms. The van der Waals surface area contributed by atoms with Crippen LogP contribution >= 0.6 is 0 Å². The lowest BCUT2D eigenvalue weighted by atomic mass is 9.92. The molecule has 0 aliphatic carbocycles. The maximum Gasteiger partial charge on any atom is 0.325 e. The Hall–Kier alpha value is -4.28. The highest BCUT2D eigenvalue weighted by atomic mass is 16.6. The van der Waals surface area contributed by atoms with Gasteiger partial charge in [0, 0.05) is 30.4 Å².